The van der Waals surface area contributed by atoms with Gasteiger partial charge < -0.3 is 23.7 Å². The molecule has 1 amide bonds. The molecule has 1 aromatic carbocycles. The van der Waals surface area contributed by atoms with E-state index < -0.39 is 35.7 Å². The molecule has 0 radical (unpaired) electrons. The Labute approximate surface area is 200 Å². The van der Waals surface area contributed by atoms with Crippen molar-refractivity contribution in [3.05, 3.63) is 23.8 Å². The second kappa shape index (κ2) is 9.26. The monoisotopic (exact) mass is 485 g/mol. The first-order valence-corrected chi connectivity index (χ1v) is 11.7. The molecule has 0 aliphatic carbocycles. The van der Waals surface area contributed by atoms with Crippen LogP contribution in [0, 0.1) is 5.92 Å². The van der Waals surface area contributed by atoms with Crippen LogP contribution in [-0.4, -0.2) is 54.6 Å². The Balaban J connectivity index is 1.66. The summed E-state index contributed by atoms with van der Waals surface area (Å²) in [5.41, 5.74) is -2.45. The largest absolute Gasteiger partial charge is 0.494 e. The Morgan fingerprint density at radius 1 is 1.06 bits per heavy atom. The Morgan fingerprint density at radius 3 is 2.12 bits per heavy atom. The van der Waals surface area contributed by atoms with Gasteiger partial charge in [-0.3, -0.25) is 0 Å². The molecule has 2 saturated heterocycles. The SMILES string of the molecule is CC(C)(C)OC(=O)N1CCC(COc2cc(B3OC(C)(C)C(C)(C)O3)cc(C(F)(F)F)c2)CC1. The van der Waals surface area contributed by atoms with Crippen LogP contribution in [0.1, 0.15) is 66.9 Å². The van der Waals surface area contributed by atoms with Gasteiger partial charge in [0.2, 0.25) is 0 Å². The molecule has 0 aromatic heterocycles. The summed E-state index contributed by atoms with van der Waals surface area (Å²) < 4.78 is 63.9. The average molecular weight is 485 g/mol. The number of hydrogen-bond acceptors (Lipinski definition) is 5. The minimum atomic E-state index is -4.53. The second-order valence-corrected chi connectivity index (χ2v) is 11.1. The van der Waals surface area contributed by atoms with Crippen molar-refractivity contribution in [2.45, 2.75) is 84.3 Å². The van der Waals surface area contributed by atoms with Gasteiger partial charge >= 0.3 is 19.4 Å². The number of carbonyl (C=O) groups excluding carboxylic acids is 1. The normalized spacial score (nSPS) is 21.0. The van der Waals surface area contributed by atoms with E-state index in [4.69, 9.17) is 18.8 Å². The zero-order chi connectivity index (χ0) is 25.5. The highest BCUT2D eigenvalue weighted by molar-refractivity contribution is 6.62. The maximum atomic E-state index is 13.6. The summed E-state index contributed by atoms with van der Waals surface area (Å²) in [6, 6.07) is 3.60. The third-order valence-corrected chi connectivity index (χ3v) is 6.53. The average Bonchev–Trinajstić information content (AvgIpc) is 2.92. The van der Waals surface area contributed by atoms with Crippen LogP contribution < -0.4 is 10.2 Å². The lowest BCUT2D eigenvalue weighted by atomic mass is 9.78. The molecule has 10 heteroatoms. The van der Waals surface area contributed by atoms with E-state index in [1.165, 1.54) is 0 Å². The lowest BCUT2D eigenvalue weighted by molar-refractivity contribution is -0.137. The van der Waals surface area contributed by atoms with Crippen molar-refractivity contribution in [1.29, 1.82) is 0 Å². The van der Waals surface area contributed by atoms with Crippen molar-refractivity contribution in [3.8, 4) is 5.75 Å². The van der Waals surface area contributed by atoms with E-state index in [-0.39, 0.29) is 29.8 Å². The fraction of sp³-hybridized carbons (Fsp3) is 0.708. The minimum absolute atomic E-state index is 0.119. The minimum Gasteiger partial charge on any atom is -0.493 e. The van der Waals surface area contributed by atoms with Crippen molar-refractivity contribution in [2.24, 2.45) is 5.92 Å². The number of halogens is 3. The fourth-order valence-corrected chi connectivity index (χ4v) is 3.81. The standard InChI is InChI=1S/C24H35BF3NO5/c1-21(2,3)32-20(30)29-10-8-16(9-11-29)15-31-19-13-17(24(26,27)28)12-18(14-19)25-33-22(4,5)23(6,7)34-25/h12-14,16H,8-11,15H2,1-7H3. The molecule has 1 aromatic rings. The van der Waals surface area contributed by atoms with E-state index in [9.17, 15) is 18.0 Å². The molecular weight excluding hydrogens is 450 g/mol. The van der Waals surface area contributed by atoms with Crippen LogP contribution in [0.4, 0.5) is 18.0 Å². The maximum absolute atomic E-state index is 13.6. The molecule has 190 valence electrons. The highest BCUT2D eigenvalue weighted by Crippen LogP contribution is 2.38. The van der Waals surface area contributed by atoms with Crippen LogP contribution in [0.25, 0.3) is 0 Å². The number of benzene rings is 1. The van der Waals surface area contributed by atoms with Gasteiger partial charge in [-0.15, -0.1) is 0 Å². The van der Waals surface area contributed by atoms with Gasteiger partial charge in [0.1, 0.15) is 11.4 Å². The summed E-state index contributed by atoms with van der Waals surface area (Å²) in [6.07, 6.45) is -3.52. The molecule has 0 N–H and O–H groups in total. The molecule has 2 fully saturated rings. The third-order valence-electron chi connectivity index (χ3n) is 6.53. The third kappa shape index (κ3) is 6.39. The van der Waals surface area contributed by atoms with Crippen molar-refractivity contribution >= 4 is 18.7 Å². The van der Waals surface area contributed by atoms with Gasteiger partial charge in [0, 0.05) is 13.1 Å². The van der Waals surface area contributed by atoms with Gasteiger partial charge in [-0.2, -0.15) is 13.2 Å². The van der Waals surface area contributed by atoms with E-state index in [2.05, 4.69) is 0 Å². The highest BCUT2D eigenvalue weighted by atomic mass is 19.4. The molecule has 6 nitrogen and oxygen atoms in total. The molecule has 34 heavy (non-hydrogen) atoms. The van der Waals surface area contributed by atoms with E-state index in [1.54, 1.807) is 11.0 Å². The molecule has 2 aliphatic rings. The van der Waals surface area contributed by atoms with E-state index in [1.807, 2.05) is 48.5 Å². The van der Waals surface area contributed by atoms with Crippen LogP contribution in [0.3, 0.4) is 0 Å². The summed E-state index contributed by atoms with van der Waals surface area (Å²) >= 11 is 0. The van der Waals surface area contributed by atoms with Crippen LogP contribution in [0.15, 0.2) is 18.2 Å². The molecule has 0 spiro atoms. The number of piperidine rings is 1. The van der Waals surface area contributed by atoms with E-state index >= 15 is 0 Å². The maximum Gasteiger partial charge on any atom is 0.494 e. The molecule has 0 unspecified atom stereocenters. The quantitative estimate of drug-likeness (QED) is 0.560. The predicted molar refractivity (Wildman–Crippen MR) is 123 cm³/mol. The summed E-state index contributed by atoms with van der Waals surface area (Å²) in [7, 11) is -0.924. The Kier molecular flexibility index (Phi) is 7.26. The molecular formula is C24H35BF3NO5. The number of alkyl halides is 3. The number of amides is 1. The van der Waals surface area contributed by atoms with Gasteiger partial charge in [0.15, 0.2) is 0 Å². The van der Waals surface area contributed by atoms with E-state index in [0.717, 1.165) is 12.1 Å². The fourth-order valence-electron chi connectivity index (χ4n) is 3.81. The van der Waals surface area contributed by atoms with Crippen molar-refractivity contribution in [1.82, 2.24) is 4.90 Å². The molecule has 3 rings (SSSR count). The number of hydrogen-bond donors (Lipinski definition) is 0. The summed E-state index contributed by atoms with van der Waals surface area (Å²) in [4.78, 5) is 13.9. The number of likely N-dealkylation sites (tertiary alicyclic amines) is 1. The summed E-state index contributed by atoms with van der Waals surface area (Å²) in [6.45, 7) is 14.1. The van der Waals surface area contributed by atoms with Crippen molar-refractivity contribution in [2.75, 3.05) is 19.7 Å². The molecule has 2 heterocycles. The van der Waals surface area contributed by atoms with Crippen LogP contribution in [0.2, 0.25) is 0 Å². The smallest absolute Gasteiger partial charge is 0.493 e. The zero-order valence-electron chi connectivity index (χ0n) is 21.0. The second-order valence-electron chi connectivity index (χ2n) is 11.1. The number of nitrogens with zero attached hydrogens (tertiary/aromatic N) is 1. The van der Waals surface area contributed by atoms with E-state index in [0.29, 0.717) is 25.9 Å². The first-order valence-electron chi connectivity index (χ1n) is 11.7. The lowest BCUT2D eigenvalue weighted by Gasteiger charge is -2.33. The van der Waals surface area contributed by atoms with Crippen LogP contribution in [-0.2, 0) is 20.2 Å². The van der Waals surface area contributed by atoms with Gasteiger partial charge in [0.05, 0.1) is 23.4 Å². The number of ether oxygens (including phenoxy) is 2. The van der Waals surface area contributed by atoms with Gasteiger partial charge in [-0.1, -0.05) is 0 Å². The zero-order valence-corrected chi connectivity index (χ0v) is 21.0. The number of rotatable bonds is 4. The Hall–Kier alpha value is -1.94. The summed E-state index contributed by atoms with van der Waals surface area (Å²) in [5, 5.41) is 0. The van der Waals surface area contributed by atoms with Gasteiger partial charge in [-0.25, -0.2) is 4.79 Å². The lowest BCUT2D eigenvalue weighted by Crippen LogP contribution is -2.42. The molecule has 2 aliphatic heterocycles. The van der Waals surface area contributed by atoms with Crippen molar-refractivity contribution < 1.29 is 36.7 Å². The molecule has 0 saturated carbocycles. The van der Waals surface area contributed by atoms with Gasteiger partial charge in [0.25, 0.3) is 0 Å². The Morgan fingerprint density at radius 2 is 1.62 bits per heavy atom. The van der Waals surface area contributed by atoms with Crippen LogP contribution in [0.5, 0.6) is 5.75 Å². The first kappa shape index (κ1) is 26.7. The molecule has 0 bridgehead atoms. The topological polar surface area (TPSA) is 57.2 Å². The number of carbonyl (C=O) groups is 1. The summed E-state index contributed by atoms with van der Waals surface area (Å²) in [5.74, 6) is 0.239. The Bertz CT molecular complexity index is 874. The van der Waals surface area contributed by atoms with Crippen molar-refractivity contribution in [3.63, 3.8) is 0 Å². The van der Waals surface area contributed by atoms with Gasteiger partial charge in [-0.05, 0) is 90.9 Å². The first-order chi connectivity index (χ1) is 15.5. The molecule has 0 atom stereocenters. The highest BCUT2D eigenvalue weighted by Gasteiger charge is 2.52. The van der Waals surface area contributed by atoms with Crippen LogP contribution >= 0.6 is 0 Å². The predicted octanol–water partition coefficient (Wildman–Crippen LogP) is 5.03.